The lowest BCUT2D eigenvalue weighted by molar-refractivity contribution is 0.0683. The van der Waals surface area contributed by atoms with E-state index in [2.05, 4.69) is 23.8 Å². The van der Waals surface area contributed by atoms with Crippen LogP contribution >= 0.6 is 0 Å². The van der Waals surface area contributed by atoms with Crippen LogP contribution in [0.15, 0.2) is 60.9 Å². The van der Waals surface area contributed by atoms with Gasteiger partial charge in [-0.1, -0.05) is 96.3 Å². The second-order valence-electron chi connectivity index (χ2n) is 10.3. The van der Waals surface area contributed by atoms with Crippen LogP contribution in [0.3, 0.4) is 0 Å². The van der Waals surface area contributed by atoms with Gasteiger partial charge in [-0.15, -0.1) is 0 Å². The van der Waals surface area contributed by atoms with E-state index in [1.807, 2.05) is 6.07 Å². The van der Waals surface area contributed by atoms with Crippen molar-refractivity contribution in [1.29, 1.82) is 0 Å². The Morgan fingerprint density at radius 2 is 1.12 bits per heavy atom. The third-order valence-corrected chi connectivity index (χ3v) is 7.08. The molecule has 0 bridgehead atoms. The number of carbonyl (C=O) groups excluding carboxylic acids is 2. The maximum absolute atomic E-state index is 13.7. The number of benzene rings is 1. The number of hydrogen-bond acceptors (Lipinski definition) is 6. The van der Waals surface area contributed by atoms with Crippen LogP contribution in [0.2, 0.25) is 0 Å². The molecule has 0 atom stereocenters. The van der Waals surface area contributed by atoms with Gasteiger partial charge in [0, 0.05) is 24.5 Å². The van der Waals surface area contributed by atoms with Crippen molar-refractivity contribution in [3.05, 3.63) is 83.2 Å². The molecule has 0 amide bonds. The fourth-order valence-electron chi connectivity index (χ4n) is 4.90. The van der Waals surface area contributed by atoms with Gasteiger partial charge >= 0.3 is 11.9 Å². The van der Waals surface area contributed by atoms with Crippen LogP contribution in [0, 0.1) is 0 Å². The van der Waals surface area contributed by atoms with Crippen LogP contribution in [0.25, 0.3) is 0 Å². The average Bonchev–Trinajstić information content (AvgIpc) is 2.97. The standard InChI is InChI=1S/C34H44N2O4/c1-3-5-7-9-11-13-19-27-23-24-29(33(37)39-30-21-15-17-25-35-30)32(28(27)20-14-12-10-8-6-4-2)34(38)40-31-22-16-18-26-36-31/h15-18,21-26H,3-14,19-20H2,1-2H3. The van der Waals surface area contributed by atoms with E-state index < -0.39 is 11.9 Å². The first-order valence-electron chi connectivity index (χ1n) is 15.0. The number of pyridine rings is 2. The van der Waals surface area contributed by atoms with Gasteiger partial charge in [0.05, 0.1) is 11.1 Å². The molecule has 3 aromatic rings. The molecule has 3 rings (SSSR count). The third kappa shape index (κ3) is 10.2. The average molecular weight is 545 g/mol. The van der Waals surface area contributed by atoms with Gasteiger partial charge in [0.1, 0.15) is 0 Å². The topological polar surface area (TPSA) is 78.4 Å². The highest BCUT2D eigenvalue weighted by atomic mass is 16.5. The highest BCUT2D eigenvalue weighted by Crippen LogP contribution is 2.27. The van der Waals surface area contributed by atoms with Crippen LogP contribution in [0.1, 0.15) is 123 Å². The number of aryl methyl sites for hydroxylation is 1. The molecule has 0 N–H and O–H groups in total. The second-order valence-corrected chi connectivity index (χ2v) is 10.3. The molecule has 1 aromatic carbocycles. The molecule has 0 aliphatic rings. The number of carbonyl (C=O) groups is 2. The molecule has 0 unspecified atom stereocenters. The lowest BCUT2D eigenvalue weighted by Gasteiger charge is -2.18. The highest BCUT2D eigenvalue weighted by molar-refractivity contribution is 6.05. The molecular formula is C34H44N2O4. The number of esters is 2. The van der Waals surface area contributed by atoms with Crippen LogP contribution in [0.5, 0.6) is 11.8 Å². The number of hydrogen-bond donors (Lipinski definition) is 0. The molecule has 0 aliphatic carbocycles. The predicted octanol–water partition coefficient (Wildman–Crippen LogP) is 8.72. The van der Waals surface area contributed by atoms with Crippen molar-refractivity contribution >= 4 is 11.9 Å². The van der Waals surface area contributed by atoms with E-state index in [0.717, 1.165) is 49.7 Å². The summed E-state index contributed by atoms with van der Waals surface area (Å²) in [4.78, 5) is 35.4. The van der Waals surface area contributed by atoms with Crippen molar-refractivity contribution in [2.75, 3.05) is 0 Å². The molecule has 214 valence electrons. The van der Waals surface area contributed by atoms with E-state index in [9.17, 15) is 9.59 Å². The van der Waals surface area contributed by atoms with Crippen LogP contribution < -0.4 is 9.47 Å². The van der Waals surface area contributed by atoms with Crippen LogP contribution in [-0.4, -0.2) is 21.9 Å². The zero-order valence-corrected chi connectivity index (χ0v) is 24.2. The molecule has 40 heavy (non-hydrogen) atoms. The van der Waals surface area contributed by atoms with E-state index in [-0.39, 0.29) is 22.9 Å². The van der Waals surface area contributed by atoms with Gasteiger partial charge < -0.3 is 9.47 Å². The predicted molar refractivity (Wildman–Crippen MR) is 159 cm³/mol. The normalized spacial score (nSPS) is 10.8. The van der Waals surface area contributed by atoms with Crippen molar-refractivity contribution in [2.24, 2.45) is 0 Å². The Labute approximate surface area is 239 Å². The molecule has 0 spiro atoms. The van der Waals surface area contributed by atoms with Crippen molar-refractivity contribution in [1.82, 2.24) is 9.97 Å². The van der Waals surface area contributed by atoms with Gasteiger partial charge in [-0.2, -0.15) is 0 Å². The molecular weight excluding hydrogens is 500 g/mol. The fraction of sp³-hybridized carbons (Fsp3) is 0.471. The monoisotopic (exact) mass is 544 g/mol. The molecule has 0 aliphatic heterocycles. The van der Waals surface area contributed by atoms with Crippen LogP contribution in [0.4, 0.5) is 0 Å². The largest absolute Gasteiger partial charge is 0.404 e. The Morgan fingerprint density at radius 3 is 1.68 bits per heavy atom. The summed E-state index contributed by atoms with van der Waals surface area (Å²) in [6, 6.07) is 14.0. The first-order valence-corrected chi connectivity index (χ1v) is 15.0. The van der Waals surface area contributed by atoms with E-state index in [4.69, 9.17) is 9.47 Å². The van der Waals surface area contributed by atoms with E-state index >= 15 is 0 Å². The molecule has 0 saturated carbocycles. The smallest absolute Gasteiger partial charge is 0.346 e. The number of unbranched alkanes of at least 4 members (excludes halogenated alkanes) is 10. The number of ether oxygens (including phenoxy) is 2. The number of rotatable bonds is 18. The minimum atomic E-state index is -0.623. The Morgan fingerprint density at radius 1 is 0.600 bits per heavy atom. The molecule has 0 radical (unpaired) electrons. The lowest BCUT2D eigenvalue weighted by Crippen LogP contribution is -2.21. The highest BCUT2D eigenvalue weighted by Gasteiger charge is 2.26. The Hall–Kier alpha value is -3.54. The first-order chi connectivity index (χ1) is 19.6. The summed E-state index contributed by atoms with van der Waals surface area (Å²) >= 11 is 0. The molecule has 2 aromatic heterocycles. The first kappa shape index (κ1) is 31.0. The summed E-state index contributed by atoms with van der Waals surface area (Å²) in [5.74, 6) is -0.826. The van der Waals surface area contributed by atoms with Gasteiger partial charge in [0.15, 0.2) is 0 Å². The Balaban J connectivity index is 1.92. The lowest BCUT2D eigenvalue weighted by atomic mass is 9.89. The van der Waals surface area contributed by atoms with Gasteiger partial charge in [-0.05, 0) is 55.0 Å². The summed E-state index contributed by atoms with van der Waals surface area (Å²) in [5.41, 5.74) is 2.47. The Bertz CT molecular complexity index is 1170. The summed E-state index contributed by atoms with van der Waals surface area (Å²) in [6.45, 7) is 4.43. The summed E-state index contributed by atoms with van der Waals surface area (Å²) < 4.78 is 11.3. The van der Waals surface area contributed by atoms with Crippen molar-refractivity contribution in [2.45, 2.75) is 104 Å². The summed E-state index contributed by atoms with van der Waals surface area (Å²) in [5, 5.41) is 0. The second kappa shape index (κ2) is 17.9. The summed E-state index contributed by atoms with van der Waals surface area (Å²) in [7, 11) is 0. The van der Waals surface area contributed by atoms with Gasteiger partial charge in [-0.3, -0.25) is 0 Å². The molecule has 0 saturated heterocycles. The van der Waals surface area contributed by atoms with Crippen molar-refractivity contribution in [3.63, 3.8) is 0 Å². The van der Waals surface area contributed by atoms with Gasteiger partial charge in [-0.25, -0.2) is 19.6 Å². The molecule has 6 nitrogen and oxygen atoms in total. The van der Waals surface area contributed by atoms with Gasteiger partial charge in [0.25, 0.3) is 0 Å². The minimum absolute atomic E-state index is 0.185. The van der Waals surface area contributed by atoms with Crippen molar-refractivity contribution < 1.29 is 19.1 Å². The molecule has 6 heteroatoms. The SMILES string of the molecule is CCCCCCCCc1ccc(C(=O)Oc2ccccn2)c(C(=O)Oc2ccccn2)c1CCCCCCCC. The van der Waals surface area contributed by atoms with E-state index in [1.54, 1.807) is 54.9 Å². The maximum atomic E-state index is 13.7. The van der Waals surface area contributed by atoms with E-state index in [0.29, 0.717) is 6.42 Å². The quantitative estimate of drug-likeness (QED) is 0.118. The molecule has 0 fully saturated rings. The summed E-state index contributed by atoms with van der Waals surface area (Å²) in [6.07, 6.45) is 18.7. The zero-order valence-electron chi connectivity index (χ0n) is 24.2. The van der Waals surface area contributed by atoms with Crippen LogP contribution in [-0.2, 0) is 12.8 Å². The fourth-order valence-corrected chi connectivity index (χ4v) is 4.90. The zero-order chi connectivity index (χ0) is 28.4. The minimum Gasteiger partial charge on any atom is -0.404 e. The Kier molecular flexibility index (Phi) is 13.9. The number of aromatic nitrogens is 2. The maximum Gasteiger partial charge on any atom is 0.346 e. The third-order valence-electron chi connectivity index (χ3n) is 7.08. The van der Waals surface area contributed by atoms with E-state index in [1.165, 1.54) is 44.9 Å². The van der Waals surface area contributed by atoms with Gasteiger partial charge in [0.2, 0.25) is 11.8 Å². The number of nitrogens with zero attached hydrogens (tertiary/aromatic N) is 2. The van der Waals surface area contributed by atoms with Crippen molar-refractivity contribution in [3.8, 4) is 11.8 Å². The molecule has 2 heterocycles.